The maximum atomic E-state index is 11.7. The van der Waals surface area contributed by atoms with Crippen LogP contribution in [0.2, 0.25) is 0 Å². The van der Waals surface area contributed by atoms with Crippen LogP contribution in [0, 0.1) is 17.2 Å². The highest BCUT2D eigenvalue weighted by molar-refractivity contribution is 5.88. The number of aromatic amines is 1. The van der Waals surface area contributed by atoms with E-state index in [1.54, 1.807) is 12.1 Å². The normalized spacial score (nSPS) is 12.1. The first-order valence-electron chi connectivity index (χ1n) is 6.48. The molecule has 0 saturated heterocycles. The van der Waals surface area contributed by atoms with Crippen LogP contribution in [0.25, 0.3) is 10.9 Å². The second-order valence-electron chi connectivity index (χ2n) is 4.73. The van der Waals surface area contributed by atoms with Crippen molar-refractivity contribution in [2.75, 3.05) is 23.7 Å². The van der Waals surface area contributed by atoms with Crippen molar-refractivity contribution in [3.63, 3.8) is 0 Å². The van der Waals surface area contributed by atoms with E-state index in [9.17, 15) is 4.79 Å². The zero-order valence-electron chi connectivity index (χ0n) is 11.6. The lowest BCUT2D eigenvalue weighted by Gasteiger charge is -2.25. The van der Waals surface area contributed by atoms with Crippen molar-refractivity contribution in [1.29, 1.82) is 5.26 Å². The predicted molar refractivity (Wildman–Crippen MR) is 79.4 cm³/mol. The topological polar surface area (TPSA) is 98.8 Å². The Balaban J connectivity index is 2.51. The lowest BCUT2D eigenvalue weighted by atomic mass is 10.1. The van der Waals surface area contributed by atoms with Crippen LogP contribution in [0.3, 0.4) is 0 Å². The number of nitrogens with one attached hydrogen (secondary N) is 1. The number of rotatable bonds is 4. The number of nitriles is 1. The number of hydrogen-bond acceptors (Lipinski definition) is 5. The van der Waals surface area contributed by atoms with Crippen LogP contribution in [0.4, 0.5) is 11.4 Å². The van der Waals surface area contributed by atoms with Crippen molar-refractivity contribution in [1.82, 2.24) is 9.97 Å². The molecular weight excluding hydrogens is 254 g/mol. The van der Waals surface area contributed by atoms with Gasteiger partial charge in [0, 0.05) is 13.1 Å². The third kappa shape index (κ3) is 2.57. The van der Waals surface area contributed by atoms with Crippen LogP contribution >= 0.6 is 0 Å². The molecule has 1 unspecified atom stereocenters. The predicted octanol–water partition coefficient (Wildman–Crippen LogP) is 1.49. The molecule has 0 aliphatic heterocycles. The highest BCUT2D eigenvalue weighted by atomic mass is 16.1. The first kappa shape index (κ1) is 13.9. The molecule has 0 aliphatic rings. The maximum absolute atomic E-state index is 11.7. The van der Waals surface area contributed by atoms with Crippen molar-refractivity contribution < 1.29 is 0 Å². The van der Waals surface area contributed by atoms with Crippen LogP contribution < -0.4 is 16.2 Å². The molecule has 0 saturated carbocycles. The molecule has 2 rings (SSSR count). The number of H-pyrrole nitrogens is 1. The zero-order valence-corrected chi connectivity index (χ0v) is 11.6. The molecule has 6 nitrogen and oxygen atoms in total. The molecule has 104 valence electrons. The number of hydrogen-bond donors (Lipinski definition) is 2. The highest BCUT2D eigenvalue weighted by Crippen LogP contribution is 2.27. The van der Waals surface area contributed by atoms with Gasteiger partial charge in [0.15, 0.2) is 0 Å². The van der Waals surface area contributed by atoms with Gasteiger partial charge in [-0.2, -0.15) is 5.26 Å². The van der Waals surface area contributed by atoms with Crippen molar-refractivity contribution in [3.05, 3.63) is 28.8 Å². The standard InChI is InChI=1S/C14H17N5O/c1-3-19(7-9(2)6-15)13-5-12-10(4-11(13)16)14(20)18-8-17-12/h4-5,8-9H,3,7,16H2,1-2H3,(H,17,18,20). The number of benzene rings is 1. The number of aromatic nitrogens is 2. The fourth-order valence-corrected chi connectivity index (χ4v) is 2.16. The molecule has 1 atom stereocenters. The fraction of sp³-hybridized carbons (Fsp3) is 0.357. The van der Waals surface area contributed by atoms with E-state index >= 15 is 0 Å². The van der Waals surface area contributed by atoms with Gasteiger partial charge in [-0.15, -0.1) is 0 Å². The fourth-order valence-electron chi connectivity index (χ4n) is 2.16. The van der Waals surface area contributed by atoms with E-state index in [2.05, 4.69) is 16.0 Å². The van der Waals surface area contributed by atoms with Gasteiger partial charge in [0.2, 0.25) is 0 Å². The van der Waals surface area contributed by atoms with Gasteiger partial charge in [0.05, 0.1) is 40.6 Å². The van der Waals surface area contributed by atoms with Gasteiger partial charge >= 0.3 is 0 Å². The third-order valence-corrected chi connectivity index (χ3v) is 3.23. The van der Waals surface area contributed by atoms with Crippen molar-refractivity contribution in [2.45, 2.75) is 13.8 Å². The monoisotopic (exact) mass is 271 g/mol. The molecule has 3 N–H and O–H groups in total. The van der Waals surface area contributed by atoms with Crippen LogP contribution in [-0.2, 0) is 0 Å². The molecule has 0 aliphatic carbocycles. The Morgan fingerprint density at radius 3 is 2.95 bits per heavy atom. The van der Waals surface area contributed by atoms with Crippen molar-refractivity contribution in [3.8, 4) is 6.07 Å². The molecule has 1 aromatic heterocycles. The molecule has 0 bridgehead atoms. The third-order valence-electron chi connectivity index (χ3n) is 3.23. The van der Waals surface area contributed by atoms with E-state index in [0.717, 1.165) is 12.2 Å². The summed E-state index contributed by atoms with van der Waals surface area (Å²) < 4.78 is 0. The molecule has 0 spiro atoms. The summed E-state index contributed by atoms with van der Waals surface area (Å²) in [5, 5.41) is 9.41. The Labute approximate surface area is 116 Å². The summed E-state index contributed by atoms with van der Waals surface area (Å²) in [6.07, 6.45) is 1.37. The first-order valence-corrected chi connectivity index (χ1v) is 6.48. The van der Waals surface area contributed by atoms with E-state index in [0.29, 0.717) is 23.1 Å². The molecule has 2 aromatic rings. The van der Waals surface area contributed by atoms with Gasteiger partial charge in [-0.3, -0.25) is 4.79 Å². The molecule has 0 amide bonds. The Hall–Kier alpha value is -2.55. The van der Waals surface area contributed by atoms with Crippen LogP contribution in [0.5, 0.6) is 0 Å². The quantitative estimate of drug-likeness (QED) is 0.821. The largest absolute Gasteiger partial charge is 0.397 e. The van der Waals surface area contributed by atoms with Gasteiger partial charge < -0.3 is 15.6 Å². The van der Waals surface area contributed by atoms with Gasteiger partial charge in [-0.25, -0.2) is 4.98 Å². The summed E-state index contributed by atoms with van der Waals surface area (Å²) in [5.41, 5.74) is 7.76. The Kier molecular flexibility index (Phi) is 3.89. The van der Waals surface area contributed by atoms with E-state index < -0.39 is 0 Å². The molecular formula is C14H17N5O. The molecule has 0 radical (unpaired) electrons. The van der Waals surface area contributed by atoms with Gasteiger partial charge in [-0.1, -0.05) is 0 Å². The summed E-state index contributed by atoms with van der Waals surface area (Å²) in [5.74, 6) is -0.0998. The molecule has 1 aromatic carbocycles. The number of nitrogens with two attached hydrogens (primary N) is 1. The molecule has 6 heteroatoms. The Morgan fingerprint density at radius 2 is 2.30 bits per heavy atom. The first-order chi connectivity index (χ1) is 9.56. The summed E-state index contributed by atoms with van der Waals surface area (Å²) >= 11 is 0. The number of nitrogen functional groups attached to an aromatic ring is 1. The lowest BCUT2D eigenvalue weighted by molar-refractivity contribution is 0.687. The van der Waals surface area contributed by atoms with E-state index in [1.807, 2.05) is 18.7 Å². The molecule has 1 heterocycles. The minimum Gasteiger partial charge on any atom is -0.397 e. The SMILES string of the molecule is CCN(CC(C)C#N)c1cc2nc[nH]c(=O)c2cc1N. The van der Waals surface area contributed by atoms with E-state index in [1.165, 1.54) is 6.33 Å². The van der Waals surface area contributed by atoms with Crippen molar-refractivity contribution >= 4 is 22.3 Å². The number of fused-ring (bicyclic) bond motifs is 1. The van der Waals surface area contributed by atoms with Crippen LogP contribution in [0.15, 0.2) is 23.3 Å². The average molecular weight is 271 g/mol. The molecule has 20 heavy (non-hydrogen) atoms. The average Bonchev–Trinajstić information content (AvgIpc) is 2.45. The van der Waals surface area contributed by atoms with E-state index in [-0.39, 0.29) is 11.5 Å². The second-order valence-corrected chi connectivity index (χ2v) is 4.73. The highest BCUT2D eigenvalue weighted by Gasteiger charge is 2.14. The Bertz CT molecular complexity index is 716. The number of anilines is 2. The van der Waals surface area contributed by atoms with Crippen molar-refractivity contribution in [2.24, 2.45) is 5.92 Å². The van der Waals surface area contributed by atoms with Gasteiger partial charge in [-0.05, 0) is 26.0 Å². The smallest absolute Gasteiger partial charge is 0.258 e. The zero-order chi connectivity index (χ0) is 14.7. The van der Waals surface area contributed by atoms with Crippen LogP contribution in [-0.4, -0.2) is 23.1 Å². The summed E-state index contributed by atoms with van der Waals surface area (Å²) in [6, 6.07) is 5.65. The number of nitrogens with zero attached hydrogens (tertiary/aromatic N) is 3. The summed E-state index contributed by atoms with van der Waals surface area (Å²) in [6.45, 7) is 5.18. The van der Waals surface area contributed by atoms with E-state index in [4.69, 9.17) is 11.0 Å². The van der Waals surface area contributed by atoms with Gasteiger partial charge in [0.1, 0.15) is 0 Å². The summed E-state index contributed by atoms with van der Waals surface area (Å²) in [4.78, 5) is 20.4. The summed E-state index contributed by atoms with van der Waals surface area (Å²) in [7, 11) is 0. The Morgan fingerprint density at radius 1 is 1.55 bits per heavy atom. The maximum Gasteiger partial charge on any atom is 0.258 e. The lowest BCUT2D eigenvalue weighted by Crippen LogP contribution is -2.28. The minimum atomic E-state index is -0.207. The molecule has 0 fully saturated rings. The van der Waals surface area contributed by atoms with Gasteiger partial charge in [0.25, 0.3) is 5.56 Å². The van der Waals surface area contributed by atoms with Crippen LogP contribution in [0.1, 0.15) is 13.8 Å². The minimum absolute atomic E-state index is 0.0998. The second kappa shape index (κ2) is 5.61.